The Kier molecular flexibility index (Phi) is 8.78. The van der Waals surface area contributed by atoms with Crippen molar-refractivity contribution in [1.82, 2.24) is 9.80 Å². The zero-order valence-electron chi connectivity index (χ0n) is 14.9. The lowest BCUT2D eigenvalue weighted by atomic mass is 9.97. The van der Waals surface area contributed by atoms with Crippen molar-refractivity contribution in [3.63, 3.8) is 0 Å². The molecule has 0 saturated carbocycles. The highest BCUT2D eigenvalue weighted by Gasteiger charge is 2.23. The summed E-state index contributed by atoms with van der Waals surface area (Å²) >= 11 is 2.15. The van der Waals surface area contributed by atoms with E-state index in [0.717, 1.165) is 6.42 Å². The fourth-order valence-electron chi connectivity index (χ4n) is 3.32. The van der Waals surface area contributed by atoms with Crippen LogP contribution in [0.5, 0.6) is 0 Å². The van der Waals surface area contributed by atoms with Crippen molar-refractivity contribution in [1.29, 1.82) is 0 Å². The van der Waals surface area contributed by atoms with E-state index in [2.05, 4.69) is 100 Å². The summed E-state index contributed by atoms with van der Waals surface area (Å²) in [5.74, 6) is 0. The molecule has 130 valence electrons. The SMILES string of the molecule is CI.CN1CCN(C(CCc2ccccc2)c2ccccc2)CC1. The number of aryl methyl sites for hydroxylation is 1. The molecule has 0 radical (unpaired) electrons. The molecule has 1 saturated heterocycles. The number of rotatable bonds is 5. The van der Waals surface area contributed by atoms with Gasteiger partial charge in [-0.1, -0.05) is 83.3 Å². The fraction of sp³-hybridized carbons (Fsp3) is 0.429. The Bertz CT molecular complexity index is 551. The van der Waals surface area contributed by atoms with Gasteiger partial charge in [-0.3, -0.25) is 4.90 Å². The Balaban J connectivity index is 0.00000100. The number of nitrogens with zero attached hydrogens (tertiary/aromatic N) is 2. The third-order valence-corrected chi connectivity index (χ3v) is 4.71. The predicted molar refractivity (Wildman–Crippen MR) is 113 cm³/mol. The largest absolute Gasteiger partial charge is 0.304 e. The summed E-state index contributed by atoms with van der Waals surface area (Å²) in [4.78, 5) is 7.06. The van der Waals surface area contributed by atoms with Gasteiger partial charge in [0, 0.05) is 32.2 Å². The smallest absolute Gasteiger partial charge is 0.0352 e. The van der Waals surface area contributed by atoms with Gasteiger partial charge in [0.2, 0.25) is 0 Å². The minimum atomic E-state index is 0.537. The van der Waals surface area contributed by atoms with Crippen molar-refractivity contribution in [2.45, 2.75) is 18.9 Å². The van der Waals surface area contributed by atoms with Crippen molar-refractivity contribution in [3.05, 3.63) is 71.8 Å². The number of hydrogen-bond acceptors (Lipinski definition) is 2. The summed E-state index contributed by atoms with van der Waals surface area (Å²) in [5, 5.41) is 0. The molecule has 3 rings (SSSR count). The maximum absolute atomic E-state index is 2.66. The molecule has 1 fully saturated rings. The number of halogens is 1. The van der Waals surface area contributed by atoms with Crippen molar-refractivity contribution in [3.8, 4) is 0 Å². The minimum absolute atomic E-state index is 0.537. The van der Waals surface area contributed by atoms with E-state index >= 15 is 0 Å². The highest BCUT2D eigenvalue weighted by atomic mass is 127. The lowest BCUT2D eigenvalue weighted by Crippen LogP contribution is -2.46. The van der Waals surface area contributed by atoms with Crippen LogP contribution >= 0.6 is 22.6 Å². The molecule has 0 aromatic heterocycles. The highest BCUT2D eigenvalue weighted by molar-refractivity contribution is 14.1. The summed E-state index contributed by atoms with van der Waals surface area (Å²) < 4.78 is 0. The van der Waals surface area contributed by atoms with E-state index in [9.17, 15) is 0 Å². The van der Waals surface area contributed by atoms with E-state index in [-0.39, 0.29) is 0 Å². The zero-order valence-corrected chi connectivity index (χ0v) is 17.0. The van der Waals surface area contributed by atoms with Crippen LogP contribution < -0.4 is 0 Å². The number of likely N-dealkylation sites (N-methyl/N-ethyl adjacent to an activating group) is 1. The molecule has 1 aliphatic rings. The van der Waals surface area contributed by atoms with Gasteiger partial charge in [-0.05, 0) is 35.9 Å². The zero-order chi connectivity index (χ0) is 17.2. The third-order valence-electron chi connectivity index (χ3n) is 4.71. The molecule has 0 amide bonds. The topological polar surface area (TPSA) is 6.48 Å². The molecule has 0 N–H and O–H groups in total. The summed E-state index contributed by atoms with van der Waals surface area (Å²) in [6.45, 7) is 4.69. The van der Waals surface area contributed by atoms with Gasteiger partial charge in [0.1, 0.15) is 0 Å². The van der Waals surface area contributed by atoms with Crippen molar-refractivity contribution in [2.24, 2.45) is 0 Å². The molecule has 0 aliphatic carbocycles. The second-order valence-corrected chi connectivity index (χ2v) is 6.29. The lowest BCUT2D eigenvalue weighted by Gasteiger charge is -2.38. The van der Waals surface area contributed by atoms with Gasteiger partial charge in [0.25, 0.3) is 0 Å². The molecule has 2 nitrogen and oxygen atoms in total. The maximum atomic E-state index is 2.66. The number of benzene rings is 2. The Hall–Kier alpha value is -0.910. The molecule has 1 heterocycles. The van der Waals surface area contributed by atoms with Gasteiger partial charge in [-0.15, -0.1) is 0 Å². The van der Waals surface area contributed by atoms with Crippen LogP contribution in [0.25, 0.3) is 0 Å². The average molecular weight is 436 g/mol. The van der Waals surface area contributed by atoms with Crippen molar-refractivity contribution >= 4 is 22.6 Å². The Labute approximate surface area is 161 Å². The summed E-state index contributed by atoms with van der Waals surface area (Å²) in [6, 6.07) is 22.4. The molecule has 1 unspecified atom stereocenters. The van der Waals surface area contributed by atoms with Crippen molar-refractivity contribution in [2.75, 3.05) is 38.2 Å². The van der Waals surface area contributed by atoms with Crippen LogP contribution in [0.4, 0.5) is 0 Å². The number of hydrogen-bond donors (Lipinski definition) is 0. The van der Waals surface area contributed by atoms with Gasteiger partial charge in [-0.25, -0.2) is 0 Å². The molecular formula is C21H29IN2. The third kappa shape index (κ3) is 5.87. The van der Waals surface area contributed by atoms with Crippen molar-refractivity contribution < 1.29 is 0 Å². The van der Waals surface area contributed by atoms with E-state index in [1.165, 1.54) is 43.7 Å². The Morgan fingerprint density at radius 3 is 1.96 bits per heavy atom. The first-order chi connectivity index (χ1) is 11.8. The Morgan fingerprint density at radius 1 is 0.833 bits per heavy atom. The first-order valence-corrected chi connectivity index (χ1v) is 10.9. The second-order valence-electron chi connectivity index (χ2n) is 6.29. The maximum Gasteiger partial charge on any atom is 0.0352 e. The summed E-state index contributed by atoms with van der Waals surface area (Å²) in [7, 11) is 2.22. The van der Waals surface area contributed by atoms with Crippen LogP contribution in [0.2, 0.25) is 0 Å². The number of alkyl halides is 1. The second kappa shape index (κ2) is 10.9. The van der Waals surface area contributed by atoms with E-state index < -0.39 is 0 Å². The molecule has 1 aliphatic heterocycles. The Morgan fingerprint density at radius 2 is 1.38 bits per heavy atom. The van der Waals surface area contributed by atoms with Gasteiger partial charge in [0.15, 0.2) is 0 Å². The normalized spacial score (nSPS) is 17.0. The number of piperazine rings is 1. The predicted octanol–water partition coefficient (Wildman–Crippen LogP) is 4.66. The van der Waals surface area contributed by atoms with E-state index in [1.807, 2.05) is 4.93 Å². The van der Waals surface area contributed by atoms with E-state index in [0.29, 0.717) is 6.04 Å². The summed E-state index contributed by atoms with van der Waals surface area (Å²) in [6.07, 6.45) is 2.34. The average Bonchev–Trinajstić information content (AvgIpc) is 2.67. The molecule has 0 bridgehead atoms. The fourth-order valence-corrected chi connectivity index (χ4v) is 3.32. The molecule has 24 heavy (non-hydrogen) atoms. The van der Waals surface area contributed by atoms with Gasteiger partial charge >= 0.3 is 0 Å². The van der Waals surface area contributed by atoms with Gasteiger partial charge in [0.05, 0.1) is 0 Å². The molecule has 2 aromatic rings. The van der Waals surface area contributed by atoms with Crippen LogP contribution in [0.15, 0.2) is 60.7 Å². The molecule has 2 aromatic carbocycles. The lowest BCUT2D eigenvalue weighted by molar-refractivity contribution is 0.107. The van der Waals surface area contributed by atoms with Gasteiger partial charge in [-0.2, -0.15) is 0 Å². The van der Waals surface area contributed by atoms with E-state index in [4.69, 9.17) is 0 Å². The first kappa shape index (κ1) is 19.4. The standard InChI is InChI=1S/C20H26N2.CH3I/c1-21-14-16-22(17-15-21)20(19-10-6-3-7-11-19)13-12-18-8-4-2-5-9-18;1-2/h2-11,20H,12-17H2,1H3;1H3. The van der Waals surface area contributed by atoms with Crippen LogP contribution in [0.3, 0.4) is 0 Å². The molecule has 1 atom stereocenters. The monoisotopic (exact) mass is 436 g/mol. The highest BCUT2D eigenvalue weighted by Crippen LogP contribution is 2.27. The molecule has 0 spiro atoms. The van der Waals surface area contributed by atoms with Crippen LogP contribution in [-0.4, -0.2) is 48.0 Å². The molecule has 3 heteroatoms. The van der Waals surface area contributed by atoms with E-state index in [1.54, 1.807) is 0 Å². The molecular weight excluding hydrogens is 407 g/mol. The van der Waals surface area contributed by atoms with Crippen LogP contribution in [0, 0.1) is 0 Å². The minimum Gasteiger partial charge on any atom is -0.304 e. The van der Waals surface area contributed by atoms with Crippen LogP contribution in [0.1, 0.15) is 23.6 Å². The quantitative estimate of drug-likeness (QED) is 0.497. The first-order valence-electron chi connectivity index (χ1n) is 8.72. The van der Waals surface area contributed by atoms with Crippen LogP contribution in [-0.2, 0) is 6.42 Å². The summed E-state index contributed by atoms with van der Waals surface area (Å²) in [5.41, 5.74) is 2.90. The van der Waals surface area contributed by atoms with Gasteiger partial charge < -0.3 is 4.90 Å².